The Morgan fingerprint density at radius 1 is 1.08 bits per heavy atom. The minimum atomic E-state index is -0.363. The second kappa shape index (κ2) is 9.37. The monoisotopic (exact) mass is 360 g/mol. The number of thioether (sulfide) groups is 1. The lowest BCUT2D eigenvalue weighted by atomic mass is 10.1. The standard InChI is InChI=1S/C20H24O4S/c1-5-15-10-11-17(14(3)12-15)24-13-16-18(23-6-2)8-7-9-19(16)25-20(21)22-4/h7-12H,5-6,13H2,1-4H3. The molecule has 0 atom stereocenters. The molecule has 4 nitrogen and oxygen atoms in total. The predicted octanol–water partition coefficient (Wildman–Crippen LogP) is 5.39. The van der Waals surface area contributed by atoms with Gasteiger partial charge in [-0.05, 0) is 61.4 Å². The maximum Gasteiger partial charge on any atom is 0.371 e. The molecule has 2 aromatic rings. The third kappa shape index (κ3) is 5.16. The zero-order valence-electron chi connectivity index (χ0n) is 15.1. The SMILES string of the molecule is CCOc1cccc(SC(=O)OC)c1COc1ccc(CC)cc1C. The summed E-state index contributed by atoms with van der Waals surface area (Å²) in [6, 6.07) is 11.8. The Bertz CT molecular complexity index is 728. The van der Waals surface area contributed by atoms with Crippen molar-refractivity contribution in [2.24, 2.45) is 0 Å². The van der Waals surface area contributed by atoms with Crippen LogP contribution in [0.2, 0.25) is 0 Å². The van der Waals surface area contributed by atoms with Gasteiger partial charge in [-0.1, -0.05) is 25.1 Å². The largest absolute Gasteiger partial charge is 0.493 e. The van der Waals surface area contributed by atoms with Crippen LogP contribution in [0.1, 0.15) is 30.5 Å². The molecule has 0 amide bonds. The number of aryl methyl sites for hydroxylation is 2. The van der Waals surface area contributed by atoms with Gasteiger partial charge in [-0.3, -0.25) is 0 Å². The molecule has 134 valence electrons. The van der Waals surface area contributed by atoms with Gasteiger partial charge in [0.05, 0.1) is 13.7 Å². The second-order valence-corrected chi connectivity index (χ2v) is 6.44. The summed E-state index contributed by atoms with van der Waals surface area (Å²) in [5.74, 6) is 1.55. The highest BCUT2D eigenvalue weighted by atomic mass is 32.2. The summed E-state index contributed by atoms with van der Waals surface area (Å²) < 4.78 is 16.5. The molecular formula is C20H24O4S. The second-order valence-electron chi connectivity index (χ2n) is 5.46. The molecule has 0 aromatic heterocycles. The van der Waals surface area contributed by atoms with Crippen molar-refractivity contribution < 1.29 is 19.0 Å². The van der Waals surface area contributed by atoms with Gasteiger partial charge in [0.2, 0.25) is 0 Å². The smallest absolute Gasteiger partial charge is 0.371 e. The fraction of sp³-hybridized carbons (Fsp3) is 0.350. The van der Waals surface area contributed by atoms with Crippen LogP contribution in [0, 0.1) is 6.92 Å². The molecular weight excluding hydrogens is 336 g/mol. The molecule has 0 fully saturated rings. The van der Waals surface area contributed by atoms with Crippen molar-refractivity contribution in [2.45, 2.75) is 38.7 Å². The van der Waals surface area contributed by atoms with Gasteiger partial charge in [-0.25, -0.2) is 4.79 Å². The van der Waals surface area contributed by atoms with Gasteiger partial charge in [-0.15, -0.1) is 0 Å². The maximum absolute atomic E-state index is 11.7. The van der Waals surface area contributed by atoms with Crippen LogP contribution in [-0.4, -0.2) is 19.0 Å². The molecule has 0 saturated heterocycles. The summed E-state index contributed by atoms with van der Waals surface area (Å²) in [5, 5.41) is -0.363. The van der Waals surface area contributed by atoms with Crippen molar-refractivity contribution >= 4 is 17.1 Å². The van der Waals surface area contributed by atoms with E-state index in [9.17, 15) is 4.79 Å². The lowest BCUT2D eigenvalue weighted by molar-refractivity contribution is 0.200. The molecule has 2 aromatic carbocycles. The van der Waals surface area contributed by atoms with Crippen molar-refractivity contribution in [1.82, 2.24) is 0 Å². The summed E-state index contributed by atoms with van der Waals surface area (Å²) in [4.78, 5) is 12.4. The molecule has 0 spiro atoms. The summed E-state index contributed by atoms with van der Waals surface area (Å²) in [5.41, 5.74) is 3.22. The van der Waals surface area contributed by atoms with Gasteiger partial charge in [0.1, 0.15) is 18.1 Å². The molecule has 0 bridgehead atoms. The Labute approximate surface area is 153 Å². The topological polar surface area (TPSA) is 44.8 Å². The van der Waals surface area contributed by atoms with Gasteiger partial charge in [0, 0.05) is 10.5 Å². The van der Waals surface area contributed by atoms with Crippen LogP contribution in [0.4, 0.5) is 4.79 Å². The Balaban J connectivity index is 2.25. The summed E-state index contributed by atoms with van der Waals surface area (Å²) in [7, 11) is 1.37. The Morgan fingerprint density at radius 3 is 2.52 bits per heavy atom. The van der Waals surface area contributed by atoms with Crippen LogP contribution in [0.25, 0.3) is 0 Å². The van der Waals surface area contributed by atoms with Crippen LogP contribution in [0.5, 0.6) is 11.5 Å². The minimum Gasteiger partial charge on any atom is -0.493 e. The van der Waals surface area contributed by atoms with Crippen molar-refractivity contribution in [3.8, 4) is 11.5 Å². The zero-order valence-corrected chi connectivity index (χ0v) is 15.9. The number of methoxy groups -OCH3 is 1. The summed E-state index contributed by atoms with van der Waals surface area (Å²) in [6.07, 6.45) is 0.994. The first kappa shape index (κ1) is 19.2. The average molecular weight is 360 g/mol. The quantitative estimate of drug-likeness (QED) is 0.489. The Kier molecular flexibility index (Phi) is 7.19. The molecule has 2 rings (SSSR count). The van der Waals surface area contributed by atoms with Gasteiger partial charge in [0.25, 0.3) is 0 Å². The highest BCUT2D eigenvalue weighted by Gasteiger charge is 2.15. The maximum atomic E-state index is 11.7. The average Bonchev–Trinajstić information content (AvgIpc) is 2.62. The first-order valence-electron chi connectivity index (χ1n) is 8.31. The number of hydrogen-bond acceptors (Lipinski definition) is 5. The highest BCUT2D eigenvalue weighted by molar-refractivity contribution is 8.13. The van der Waals surface area contributed by atoms with Crippen LogP contribution in [-0.2, 0) is 17.8 Å². The normalized spacial score (nSPS) is 10.4. The number of benzene rings is 2. The number of carbonyl (C=O) groups excluding carboxylic acids is 1. The third-order valence-corrected chi connectivity index (χ3v) is 4.71. The van der Waals surface area contributed by atoms with Crippen molar-refractivity contribution in [3.63, 3.8) is 0 Å². The van der Waals surface area contributed by atoms with Crippen LogP contribution >= 0.6 is 11.8 Å². The molecule has 5 heteroatoms. The summed E-state index contributed by atoms with van der Waals surface area (Å²) >= 11 is 1.03. The molecule has 0 aliphatic heterocycles. The Hall–Kier alpha value is -2.14. The molecule has 0 heterocycles. The van der Waals surface area contributed by atoms with Gasteiger partial charge >= 0.3 is 5.30 Å². The zero-order chi connectivity index (χ0) is 18.2. The van der Waals surface area contributed by atoms with E-state index in [0.717, 1.165) is 45.7 Å². The molecule has 25 heavy (non-hydrogen) atoms. The lowest BCUT2D eigenvalue weighted by Gasteiger charge is -2.16. The highest BCUT2D eigenvalue weighted by Crippen LogP contribution is 2.33. The van der Waals surface area contributed by atoms with E-state index in [0.29, 0.717) is 13.2 Å². The third-order valence-electron chi connectivity index (χ3n) is 3.77. The fourth-order valence-electron chi connectivity index (χ4n) is 2.45. The molecule has 0 unspecified atom stereocenters. The van der Waals surface area contributed by atoms with E-state index < -0.39 is 0 Å². The van der Waals surface area contributed by atoms with Crippen molar-refractivity contribution in [1.29, 1.82) is 0 Å². The fourth-order valence-corrected chi connectivity index (χ4v) is 3.14. The molecule has 0 N–H and O–H groups in total. The van der Waals surface area contributed by atoms with Gasteiger partial charge < -0.3 is 14.2 Å². The van der Waals surface area contributed by atoms with Crippen molar-refractivity contribution in [2.75, 3.05) is 13.7 Å². The van der Waals surface area contributed by atoms with Gasteiger partial charge in [0.15, 0.2) is 0 Å². The predicted molar refractivity (Wildman–Crippen MR) is 101 cm³/mol. The van der Waals surface area contributed by atoms with Gasteiger partial charge in [-0.2, -0.15) is 0 Å². The lowest BCUT2D eigenvalue weighted by Crippen LogP contribution is -2.04. The van der Waals surface area contributed by atoms with E-state index >= 15 is 0 Å². The minimum absolute atomic E-state index is 0.321. The number of carbonyl (C=O) groups is 1. The molecule has 0 saturated carbocycles. The number of hydrogen-bond donors (Lipinski definition) is 0. The number of ether oxygens (including phenoxy) is 3. The number of rotatable bonds is 7. The van der Waals surface area contributed by atoms with Crippen LogP contribution in [0.3, 0.4) is 0 Å². The summed E-state index contributed by atoms with van der Waals surface area (Å²) in [6.45, 7) is 6.96. The van der Waals surface area contributed by atoms with E-state index in [1.165, 1.54) is 12.7 Å². The van der Waals surface area contributed by atoms with Crippen LogP contribution in [0.15, 0.2) is 41.3 Å². The van der Waals surface area contributed by atoms with E-state index in [4.69, 9.17) is 14.2 Å². The van der Waals surface area contributed by atoms with E-state index in [1.807, 2.05) is 38.1 Å². The Morgan fingerprint density at radius 2 is 1.88 bits per heavy atom. The molecule has 0 aliphatic rings. The van der Waals surface area contributed by atoms with E-state index in [-0.39, 0.29) is 5.30 Å². The van der Waals surface area contributed by atoms with Crippen LogP contribution < -0.4 is 9.47 Å². The molecule has 0 radical (unpaired) electrons. The molecule has 0 aliphatic carbocycles. The van der Waals surface area contributed by atoms with E-state index in [1.54, 1.807) is 0 Å². The first-order chi connectivity index (χ1) is 12.1. The van der Waals surface area contributed by atoms with Crippen molar-refractivity contribution in [3.05, 3.63) is 53.1 Å². The van der Waals surface area contributed by atoms with E-state index in [2.05, 4.69) is 19.1 Å². The first-order valence-corrected chi connectivity index (χ1v) is 9.13.